The van der Waals surface area contributed by atoms with Crippen LogP contribution in [0.4, 0.5) is 0 Å². The van der Waals surface area contributed by atoms with Crippen molar-refractivity contribution in [2.24, 2.45) is 4.99 Å². The standard InChI is InChI=1S/C20H38N6OS.HI/c1-6-21-20(22-9-7-11-26-12-8-10-24(3)13-14-26)25(4)15-18-16-28-19(23-18)17(2)27-5;/h16-17H,6-15H2,1-5H3,(H,21,22);1H. The Morgan fingerprint density at radius 2 is 2.17 bits per heavy atom. The van der Waals surface area contributed by atoms with Crippen molar-refractivity contribution in [3.8, 4) is 0 Å². The van der Waals surface area contributed by atoms with E-state index in [0.29, 0.717) is 0 Å². The molecule has 2 rings (SSSR count). The van der Waals surface area contributed by atoms with E-state index in [1.165, 1.54) is 32.6 Å². The number of rotatable bonds is 9. The van der Waals surface area contributed by atoms with Crippen LogP contribution in [0.3, 0.4) is 0 Å². The van der Waals surface area contributed by atoms with Gasteiger partial charge in [-0.2, -0.15) is 0 Å². The smallest absolute Gasteiger partial charge is 0.194 e. The number of thiazole rings is 1. The summed E-state index contributed by atoms with van der Waals surface area (Å²) in [5.41, 5.74) is 1.06. The predicted octanol–water partition coefficient (Wildman–Crippen LogP) is 2.89. The minimum absolute atomic E-state index is 0. The molecule has 1 fully saturated rings. The molecule has 1 aliphatic rings. The van der Waals surface area contributed by atoms with Crippen LogP contribution in [0.5, 0.6) is 0 Å². The summed E-state index contributed by atoms with van der Waals surface area (Å²) in [5.74, 6) is 0.951. The van der Waals surface area contributed by atoms with E-state index in [1.807, 2.05) is 6.92 Å². The van der Waals surface area contributed by atoms with Gasteiger partial charge in [0.15, 0.2) is 5.96 Å². The van der Waals surface area contributed by atoms with Crippen LogP contribution >= 0.6 is 35.3 Å². The first-order chi connectivity index (χ1) is 13.5. The van der Waals surface area contributed by atoms with Crippen LogP contribution in [0.25, 0.3) is 0 Å². The summed E-state index contributed by atoms with van der Waals surface area (Å²) < 4.78 is 5.36. The third-order valence-electron chi connectivity index (χ3n) is 5.07. The summed E-state index contributed by atoms with van der Waals surface area (Å²) in [6, 6.07) is 0. The lowest BCUT2D eigenvalue weighted by Gasteiger charge is -2.22. The van der Waals surface area contributed by atoms with Crippen molar-refractivity contribution in [2.75, 3.05) is 67.0 Å². The SMILES string of the molecule is CCNC(=NCCCN1CCCN(C)CC1)N(C)Cc1csc(C(C)OC)n1.I. The van der Waals surface area contributed by atoms with E-state index in [2.05, 4.69) is 46.4 Å². The number of guanidine groups is 1. The number of aromatic nitrogens is 1. The first-order valence-corrected chi connectivity index (χ1v) is 11.3. The van der Waals surface area contributed by atoms with Crippen LogP contribution in [0, 0.1) is 0 Å². The lowest BCUT2D eigenvalue weighted by molar-refractivity contribution is 0.119. The number of hydrogen-bond donors (Lipinski definition) is 1. The molecule has 0 bridgehead atoms. The summed E-state index contributed by atoms with van der Waals surface area (Å²) in [5, 5.41) is 6.54. The fraction of sp³-hybridized carbons (Fsp3) is 0.800. The molecule has 1 aromatic heterocycles. The lowest BCUT2D eigenvalue weighted by Crippen LogP contribution is -2.38. The van der Waals surface area contributed by atoms with Gasteiger partial charge in [-0.1, -0.05) is 0 Å². The van der Waals surface area contributed by atoms with E-state index in [0.717, 1.165) is 49.3 Å². The molecule has 29 heavy (non-hydrogen) atoms. The van der Waals surface area contributed by atoms with Gasteiger partial charge in [-0.3, -0.25) is 4.99 Å². The maximum absolute atomic E-state index is 5.36. The Balaban J connectivity index is 0.00000420. The molecule has 7 nitrogen and oxygen atoms in total. The maximum atomic E-state index is 5.36. The molecule has 0 saturated carbocycles. The molecular weight excluding hydrogens is 499 g/mol. The Bertz CT molecular complexity index is 599. The molecule has 2 heterocycles. The Kier molecular flexibility index (Phi) is 13.3. The second-order valence-corrected chi connectivity index (χ2v) is 8.39. The van der Waals surface area contributed by atoms with Crippen molar-refractivity contribution in [3.63, 3.8) is 0 Å². The monoisotopic (exact) mass is 538 g/mol. The number of ether oxygens (including phenoxy) is 1. The van der Waals surface area contributed by atoms with Crippen molar-refractivity contribution in [1.29, 1.82) is 0 Å². The molecule has 9 heteroatoms. The van der Waals surface area contributed by atoms with Crippen LogP contribution in [0.1, 0.15) is 43.5 Å². The van der Waals surface area contributed by atoms with E-state index in [1.54, 1.807) is 18.4 Å². The van der Waals surface area contributed by atoms with Crippen LogP contribution in [-0.4, -0.2) is 92.7 Å². The third-order valence-corrected chi connectivity index (χ3v) is 6.13. The summed E-state index contributed by atoms with van der Waals surface area (Å²) >= 11 is 1.66. The van der Waals surface area contributed by atoms with E-state index in [-0.39, 0.29) is 30.1 Å². The second kappa shape index (κ2) is 14.5. The molecule has 1 atom stereocenters. The van der Waals surface area contributed by atoms with E-state index >= 15 is 0 Å². The number of nitrogens with one attached hydrogen (secondary N) is 1. The summed E-state index contributed by atoms with van der Waals surface area (Å²) in [6.45, 7) is 12.5. The molecule has 1 saturated heterocycles. The minimum Gasteiger partial charge on any atom is -0.375 e. The van der Waals surface area contributed by atoms with Crippen LogP contribution in [0.2, 0.25) is 0 Å². The van der Waals surface area contributed by atoms with Gasteiger partial charge in [0.1, 0.15) is 11.1 Å². The van der Waals surface area contributed by atoms with Crippen LogP contribution in [-0.2, 0) is 11.3 Å². The lowest BCUT2D eigenvalue weighted by atomic mass is 10.3. The van der Waals surface area contributed by atoms with Gasteiger partial charge in [-0.25, -0.2) is 4.98 Å². The number of halogens is 1. The van der Waals surface area contributed by atoms with Gasteiger partial charge in [-0.15, -0.1) is 35.3 Å². The Morgan fingerprint density at radius 1 is 1.38 bits per heavy atom. The summed E-state index contributed by atoms with van der Waals surface area (Å²) in [6.07, 6.45) is 2.41. The van der Waals surface area contributed by atoms with Crippen molar-refractivity contribution in [3.05, 3.63) is 16.1 Å². The molecular formula is C20H39IN6OS. The zero-order chi connectivity index (χ0) is 20.4. The van der Waals surface area contributed by atoms with Crippen molar-refractivity contribution >= 4 is 41.3 Å². The Hall–Kier alpha value is -0.490. The molecule has 0 aliphatic carbocycles. The van der Waals surface area contributed by atoms with Gasteiger partial charge in [0, 0.05) is 45.7 Å². The van der Waals surface area contributed by atoms with E-state index < -0.39 is 0 Å². The highest BCUT2D eigenvalue weighted by molar-refractivity contribution is 14.0. The summed E-state index contributed by atoms with van der Waals surface area (Å²) in [4.78, 5) is 16.7. The zero-order valence-electron chi connectivity index (χ0n) is 18.7. The molecule has 1 aliphatic heterocycles. The number of methoxy groups -OCH3 is 1. The van der Waals surface area contributed by atoms with E-state index in [4.69, 9.17) is 14.7 Å². The molecule has 0 spiro atoms. The van der Waals surface area contributed by atoms with Crippen molar-refractivity contribution < 1.29 is 4.74 Å². The average molecular weight is 539 g/mol. The number of nitrogens with zero attached hydrogens (tertiary/aromatic N) is 5. The highest BCUT2D eigenvalue weighted by Gasteiger charge is 2.13. The molecule has 1 N–H and O–H groups in total. The molecule has 168 valence electrons. The summed E-state index contributed by atoms with van der Waals surface area (Å²) in [7, 11) is 6.01. The quantitative estimate of drug-likeness (QED) is 0.226. The fourth-order valence-electron chi connectivity index (χ4n) is 3.27. The number of likely N-dealkylation sites (N-methyl/N-ethyl adjacent to an activating group) is 1. The Labute approximate surface area is 197 Å². The topological polar surface area (TPSA) is 56.2 Å². The molecule has 1 aromatic rings. The normalized spacial score (nSPS) is 17.5. The Morgan fingerprint density at radius 3 is 2.90 bits per heavy atom. The van der Waals surface area contributed by atoms with Gasteiger partial charge < -0.3 is 24.8 Å². The van der Waals surface area contributed by atoms with Crippen molar-refractivity contribution in [2.45, 2.75) is 39.3 Å². The van der Waals surface area contributed by atoms with Gasteiger partial charge in [0.2, 0.25) is 0 Å². The predicted molar refractivity (Wildman–Crippen MR) is 134 cm³/mol. The molecule has 0 amide bonds. The minimum atomic E-state index is 0. The van der Waals surface area contributed by atoms with Gasteiger partial charge in [-0.05, 0) is 53.4 Å². The number of aliphatic imine (C=N–C) groups is 1. The van der Waals surface area contributed by atoms with Crippen molar-refractivity contribution in [1.82, 2.24) is 25.0 Å². The van der Waals surface area contributed by atoms with Gasteiger partial charge in [0.05, 0.1) is 12.2 Å². The first kappa shape index (κ1) is 26.5. The molecule has 0 aromatic carbocycles. The van der Waals surface area contributed by atoms with Crippen LogP contribution < -0.4 is 5.32 Å². The maximum Gasteiger partial charge on any atom is 0.194 e. The zero-order valence-corrected chi connectivity index (χ0v) is 21.8. The highest BCUT2D eigenvalue weighted by atomic mass is 127. The largest absolute Gasteiger partial charge is 0.375 e. The average Bonchev–Trinajstić information content (AvgIpc) is 3.05. The fourth-order valence-corrected chi connectivity index (χ4v) is 4.12. The van der Waals surface area contributed by atoms with Gasteiger partial charge in [0.25, 0.3) is 0 Å². The van der Waals surface area contributed by atoms with Crippen LogP contribution in [0.15, 0.2) is 10.4 Å². The van der Waals surface area contributed by atoms with Gasteiger partial charge >= 0.3 is 0 Å². The highest BCUT2D eigenvalue weighted by Crippen LogP contribution is 2.20. The second-order valence-electron chi connectivity index (χ2n) is 7.50. The third kappa shape index (κ3) is 9.46. The number of hydrogen-bond acceptors (Lipinski definition) is 6. The molecule has 0 radical (unpaired) electrons. The first-order valence-electron chi connectivity index (χ1n) is 10.4. The van der Waals surface area contributed by atoms with E-state index in [9.17, 15) is 0 Å². The molecule has 1 unspecified atom stereocenters.